The Morgan fingerprint density at radius 3 is 2.50 bits per heavy atom. The van der Waals surface area contributed by atoms with Crippen molar-refractivity contribution in [1.82, 2.24) is 0 Å². The fourth-order valence-corrected chi connectivity index (χ4v) is 2.39. The molecule has 0 saturated carbocycles. The van der Waals surface area contributed by atoms with Crippen LogP contribution in [0.1, 0.15) is 13.3 Å². The maximum Gasteiger partial charge on any atom is 0.501 e. The Morgan fingerprint density at radius 1 is 1.30 bits per heavy atom. The van der Waals surface area contributed by atoms with Gasteiger partial charge >= 0.3 is 5.51 Å². The third-order valence-electron chi connectivity index (χ3n) is 2.40. The Balaban J connectivity index is 3.15. The molecule has 1 aromatic carbocycles. The number of halogens is 4. The molecule has 8 heteroatoms. The van der Waals surface area contributed by atoms with Gasteiger partial charge in [0.05, 0.1) is 5.69 Å². The van der Waals surface area contributed by atoms with Gasteiger partial charge in [0.15, 0.2) is 0 Å². The van der Waals surface area contributed by atoms with Gasteiger partial charge in [-0.1, -0.05) is 12.2 Å². The van der Waals surface area contributed by atoms with Crippen molar-refractivity contribution in [3.05, 3.63) is 36.2 Å². The summed E-state index contributed by atoms with van der Waals surface area (Å²) < 4.78 is 73.4. The molecular formula is C12H13F4NO2S. The van der Waals surface area contributed by atoms with Crippen LogP contribution in [0.4, 0.5) is 23.2 Å². The van der Waals surface area contributed by atoms with Gasteiger partial charge in [0.1, 0.15) is 10.7 Å². The van der Waals surface area contributed by atoms with Crippen LogP contribution in [0.5, 0.6) is 0 Å². The third kappa shape index (κ3) is 3.72. The van der Waals surface area contributed by atoms with Crippen LogP contribution in [0.3, 0.4) is 0 Å². The van der Waals surface area contributed by atoms with Crippen LogP contribution in [0, 0.1) is 5.82 Å². The molecule has 0 bridgehead atoms. The van der Waals surface area contributed by atoms with Gasteiger partial charge in [-0.05, 0) is 31.5 Å². The second-order valence-electron chi connectivity index (χ2n) is 3.87. The van der Waals surface area contributed by atoms with Gasteiger partial charge in [-0.2, -0.15) is 13.2 Å². The molecule has 112 valence electrons. The molecule has 0 spiro atoms. The van der Waals surface area contributed by atoms with Gasteiger partial charge in [-0.25, -0.2) is 12.8 Å². The zero-order valence-corrected chi connectivity index (χ0v) is 11.4. The van der Waals surface area contributed by atoms with E-state index in [0.717, 1.165) is 12.1 Å². The second kappa shape index (κ2) is 6.25. The van der Waals surface area contributed by atoms with Crippen molar-refractivity contribution in [2.75, 3.05) is 11.9 Å². The quantitative estimate of drug-likeness (QED) is 0.514. The number of allylic oxidation sites excluding steroid dienone is 1. The average molecular weight is 311 g/mol. The summed E-state index contributed by atoms with van der Waals surface area (Å²) in [5, 5.41) is 2.56. The van der Waals surface area contributed by atoms with E-state index >= 15 is 0 Å². The number of benzene rings is 1. The number of hydrogen-bond acceptors (Lipinski definition) is 3. The molecule has 0 aliphatic rings. The summed E-state index contributed by atoms with van der Waals surface area (Å²) in [6, 6.07) is 2.23. The Kier molecular flexibility index (Phi) is 5.15. The molecule has 20 heavy (non-hydrogen) atoms. The van der Waals surface area contributed by atoms with Crippen LogP contribution < -0.4 is 5.32 Å². The van der Waals surface area contributed by atoms with E-state index in [2.05, 4.69) is 5.32 Å². The van der Waals surface area contributed by atoms with E-state index in [1.165, 1.54) is 0 Å². The summed E-state index contributed by atoms with van der Waals surface area (Å²) >= 11 is 0. The molecule has 0 saturated heterocycles. The fraction of sp³-hybridized carbons (Fsp3) is 0.333. The third-order valence-corrected chi connectivity index (χ3v) is 3.93. The fourth-order valence-electron chi connectivity index (χ4n) is 1.45. The van der Waals surface area contributed by atoms with Crippen molar-refractivity contribution >= 4 is 15.5 Å². The summed E-state index contributed by atoms with van der Waals surface area (Å²) in [6.45, 7) is 2.01. The van der Waals surface area contributed by atoms with E-state index in [4.69, 9.17) is 0 Å². The van der Waals surface area contributed by atoms with Gasteiger partial charge in [0.2, 0.25) is 0 Å². The Labute approximate surface area is 114 Å². The van der Waals surface area contributed by atoms with Crippen LogP contribution in [0.25, 0.3) is 0 Å². The lowest BCUT2D eigenvalue weighted by Crippen LogP contribution is -2.24. The molecule has 0 aromatic heterocycles. The van der Waals surface area contributed by atoms with Gasteiger partial charge in [-0.3, -0.25) is 0 Å². The zero-order valence-electron chi connectivity index (χ0n) is 10.5. The first kappa shape index (κ1) is 16.5. The molecule has 0 radical (unpaired) electrons. The number of sulfone groups is 1. The molecule has 1 aromatic rings. The normalized spacial score (nSPS) is 12.8. The minimum absolute atomic E-state index is 0.232. The first-order chi connectivity index (χ1) is 9.20. The first-order valence-corrected chi connectivity index (χ1v) is 7.14. The summed E-state index contributed by atoms with van der Waals surface area (Å²) in [5.41, 5.74) is -5.74. The smallest absolute Gasteiger partial charge is 0.384 e. The standard InChI is InChI=1S/C12H13F4NO2S/c1-2-3-4-7-17-10-6-5-9(13)8-11(10)20(18,19)12(14,15)16/h2-3,5-6,8,17H,4,7H2,1H3/b3-2+. The number of hydrogen-bond donors (Lipinski definition) is 1. The largest absolute Gasteiger partial charge is 0.501 e. The maximum absolute atomic E-state index is 13.0. The maximum atomic E-state index is 13.0. The second-order valence-corrected chi connectivity index (χ2v) is 5.78. The van der Waals surface area contributed by atoms with Crippen LogP contribution in [-0.4, -0.2) is 20.5 Å². The summed E-state index contributed by atoms with van der Waals surface area (Å²) in [4.78, 5) is -1.11. The molecule has 0 fully saturated rings. The number of nitrogens with one attached hydrogen (secondary N) is 1. The minimum Gasteiger partial charge on any atom is -0.384 e. The highest BCUT2D eigenvalue weighted by molar-refractivity contribution is 7.92. The van der Waals surface area contributed by atoms with E-state index in [-0.39, 0.29) is 12.2 Å². The molecule has 1 N–H and O–H groups in total. The van der Waals surface area contributed by atoms with Crippen LogP contribution in [-0.2, 0) is 9.84 Å². The zero-order chi connectivity index (χ0) is 15.4. The predicted octanol–water partition coefficient (Wildman–Crippen LogP) is 3.50. The number of alkyl halides is 3. The van der Waals surface area contributed by atoms with E-state index in [1.54, 1.807) is 19.1 Å². The molecule has 1 rings (SSSR count). The molecule has 0 aliphatic heterocycles. The average Bonchev–Trinajstić information content (AvgIpc) is 2.34. The van der Waals surface area contributed by atoms with E-state index in [9.17, 15) is 26.0 Å². The SMILES string of the molecule is C/C=C/CCNc1ccc(F)cc1S(=O)(=O)C(F)(F)F. The monoisotopic (exact) mass is 311 g/mol. The minimum atomic E-state index is -5.59. The first-order valence-electron chi connectivity index (χ1n) is 5.66. The highest BCUT2D eigenvalue weighted by Crippen LogP contribution is 2.34. The molecule has 0 aliphatic carbocycles. The van der Waals surface area contributed by atoms with E-state index in [1.807, 2.05) is 0 Å². The lowest BCUT2D eigenvalue weighted by molar-refractivity contribution is -0.0435. The van der Waals surface area contributed by atoms with Crippen molar-refractivity contribution in [2.45, 2.75) is 23.7 Å². The molecule has 0 unspecified atom stereocenters. The molecule has 0 heterocycles. The Hall–Kier alpha value is -1.57. The van der Waals surface area contributed by atoms with Crippen molar-refractivity contribution in [3.8, 4) is 0 Å². The topological polar surface area (TPSA) is 46.2 Å². The lowest BCUT2D eigenvalue weighted by atomic mass is 10.3. The highest BCUT2D eigenvalue weighted by Gasteiger charge is 2.48. The van der Waals surface area contributed by atoms with Crippen LogP contribution in [0.2, 0.25) is 0 Å². The Bertz CT molecular complexity index is 594. The number of anilines is 1. The summed E-state index contributed by atoms with van der Waals surface area (Å²) in [7, 11) is -5.59. The predicted molar refractivity (Wildman–Crippen MR) is 67.6 cm³/mol. The highest BCUT2D eigenvalue weighted by atomic mass is 32.2. The Morgan fingerprint density at radius 2 is 1.95 bits per heavy atom. The number of rotatable bonds is 5. The van der Waals surface area contributed by atoms with Gasteiger partial charge in [-0.15, -0.1) is 0 Å². The molecule has 3 nitrogen and oxygen atoms in total. The van der Waals surface area contributed by atoms with Gasteiger partial charge < -0.3 is 5.32 Å². The van der Waals surface area contributed by atoms with E-state index < -0.39 is 26.1 Å². The summed E-state index contributed by atoms with van der Waals surface area (Å²) in [6.07, 6.45) is 4.01. The van der Waals surface area contributed by atoms with Crippen molar-refractivity contribution in [3.63, 3.8) is 0 Å². The molecule has 0 atom stereocenters. The van der Waals surface area contributed by atoms with Crippen molar-refractivity contribution in [2.24, 2.45) is 0 Å². The van der Waals surface area contributed by atoms with Gasteiger partial charge in [0, 0.05) is 6.54 Å². The molecular weight excluding hydrogens is 298 g/mol. The van der Waals surface area contributed by atoms with Crippen molar-refractivity contribution < 1.29 is 26.0 Å². The lowest BCUT2D eigenvalue weighted by Gasteiger charge is -2.14. The van der Waals surface area contributed by atoms with Gasteiger partial charge in [0.25, 0.3) is 9.84 Å². The van der Waals surface area contributed by atoms with E-state index in [0.29, 0.717) is 12.5 Å². The van der Waals surface area contributed by atoms with Crippen LogP contribution in [0.15, 0.2) is 35.2 Å². The summed E-state index contributed by atoms with van der Waals surface area (Å²) in [5.74, 6) is -1.05. The van der Waals surface area contributed by atoms with Crippen LogP contribution >= 0.6 is 0 Å². The van der Waals surface area contributed by atoms with Crippen molar-refractivity contribution in [1.29, 1.82) is 0 Å². The molecule has 0 amide bonds.